The van der Waals surface area contributed by atoms with E-state index in [4.69, 9.17) is 11.6 Å². The first-order chi connectivity index (χ1) is 9.54. The number of nitro groups is 1. The molecule has 0 atom stereocenters. The van der Waals surface area contributed by atoms with Gasteiger partial charge in [-0.1, -0.05) is 11.6 Å². The van der Waals surface area contributed by atoms with Crippen LogP contribution in [-0.4, -0.2) is 21.1 Å². The van der Waals surface area contributed by atoms with Gasteiger partial charge in [-0.25, -0.2) is 9.97 Å². The van der Waals surface area contributed by atoms with Gasteiger partial charge < -0.3 is 0 Å². The average Bonchev–Trinajstić information content (AvgIpc) is 2.38. The van der Waals surface area contributed by atoms with E-state index >= 15 is 0 Å². The molecule has 0 aliphatic rings. The average molecular weight is 292 g/mol. The van der Waals surface area contributed by atoms with Crippen molar-refractivity contribution in [2.24, 2.45) is 5.10 Å². The van der Waals surface area contributed by atoms with Crippen molar-refractivity contribution in [2.75, 3.05) is 5.43 Å². The summed E-state index contributed by atoms with van der Waals surface area (Å²) in [7, 11) is 0. The number of hydrogen-bond acceptors (Lipinski definition) is 6. The number of anilines is 1. The summed E-state index contributed by atoms with van der Waals surface area (Å²) in [6.45, 7) is 1.72. The number of non-ortho nitro benzene ring substituents is 1. The molecule has 1 aromatic heterocycles. The second-order valence-electron chi connectivity index (χ2n) is 3.84. The predicted molar refractivity (Wildman–Crippen MR) is 76.1 cm³/mol. The zero-order valence-electron chi connectivity index (χ0n) is 10.4. The Morgan fingerprint density at radius 1 is 1.35 bits per heavy atom. The number of nitrogens with one attached hydrogen (secondary N) is 1. The second-order valence-corrected chi connectivity index (χ2v) is 4.23. The van der Waals surface area contributed by atoms with Crippen molar-refractivity contribution in [3.63, 3.8) is 0 Å². The van der Waals surface area contributed by atoms with E-state index in [-0.39, 0.29) is 5.69 Å². The van der Waals surface area contributed by atoms with Crippen LogP contribution in [0.2, 0.25) is 5.15 Å². The third-order valence-corrected chi connectivity index (χ3v) is 2.50. The van der Waals surface area contributed by atoms with Crippen LogP contribution in [0.3, 0.4) is 0 Å². The molecule has 8 heteroatoms. The summed E-state index contributed by atoms with van der Waals surface area (Å²) in [5.41, 5.74) is 3.47. The van der Waals surface area contributed by atoms with E-state index in [1.54, 1.807) is 25.1 Å². The van der Waals surface area contributed by atoms with Crippen LogP contribution in [0.4, 0.5) is 11.5 Å². The van der Waals surface area contributed by atoms with Gasteiger partial charge in [-0.2, -0.15) is 5.10 Å². The lowest BCUT2D eigenvalue weighted by molar-refractivity contribution is -0.384. The van der Waals surface area contributed by atoms with Gasteiger partial charge in [0, 0.05) is 18.2 Å². The number of aromatic nitrogens is 2. The number of halogens is 1. The van der Waals surface area contributed by atoms with Crippen molar-refractivity contribution in [3.8, 4) is 0 Å². The maximum Gasteiger partial charge on any atom is 0.269 e. The number of hydrogen-bond donors (Lipinski definition) is 1. The molecule has 20 heavy (non-hydrogen) atoms. The summed E-state index contributed by atoms with van der Waals surface area (Å²) in [4.78, 5) is 18.1. The highest BCUT2D eigenvalue weighted by atomic mass is 35.5. The smallest absolute Gasteiger partial charge is 0.261 e. The molecule has 1 N–H and O–H groups in total. The molecule has 1 heterocycles. The summed E-state index contributed by atoms with van der Waals surface area (Å²) in [5, 5.41) is 14.8. The summed E-state index contributed by atoms with van der Waals surface area (Å²) < 4.78 is 0. The third kappa shape index (κ3) is 3.72. The molecule has 0 unspecified atom stereocenters. The molecule has 0 saturated carbocycles. The van der Waals surface area contributed by atoms with E-state index < -0.39 is 4.92 Å². The number of rotatable bonds is 4. The summed E-state index contributed by atoms with van der Waals surface area (Å²) in [5.74, 6) is 1.01. The molecule has 0 aliphatic carbocycles. The highest BCUT2D eigenvalue weighted by Gasteiger charge is 2.02. The van der Waals surface area contributed by atoms with Crippen molar-refractivity contribution >= 4 is 29.3 Å². The first-order valence-electron chi connectivity index (χ1n) is 5.59. The van der Waals surface area contributed by atoms with Crippen molar-refractivity contribution in [1.29, 1.82) is 0 Å². The van der Waals surface area contributed by atoms with Crippen LogP contribution in [0.5, 0.6) is 0 Å². The minimum Gasteiger partial charge on any atom is -0.261 e. The second kappa shape index (κ2) is 6.07. The molecule has 2 aromatic rings. The molecule has 0 amide bonds. The van der Waals surface area contributed by atoms with Gasteiger partial charge >= 0.3 is 0 Å². The Balaban J connectivity index is 2.04. The van der Waals surface area contributed by atoms with E-state index in [0.29, 0.717) is 16.8 Å². The first-order valence-corrected chi connectivity index (χ1v) is 5.97. The van der Waals surface area contributed by atoms with Gasteiger partial charge in [0.2, 0.25) is 0 Å². The molecule has 2 rings (SSSR count). The Labute approximate surface area is 119 Å². The highest BCUT2D eigenvalue weighted by Crippen LogP contribution is 2.12. The maximum absolute atomic E-state index is 10.5. The molecule has 0 spiro atoms. The summed E-state index contributed by atoms with van der Waals surface area (Å²) in [6, 6.07) is 7.56. The molecule has 7 nitrogen and oxygen atoms in total. The number of nitrogens with zero attached hydrogens (tertiary/aromatic N) is 4. The van der Waals surface area contributed by atoms with Gasteiger partial charge in [-0.3, -0.25) is 15.5 Å². The molecule has 1 aromatic carbocycles. The van der Waals surface area contributed by atoms with E-state index in [9.17, 15) is 10.1 Å². The van der Waals surface area contributed by atoms with Gasteiger partial charge in [-0.15, -0.1) is 0 Å². The molecule has 0 aliphatic heterocycles. The number of hydrazone groups is 1. The number of benzene rings is 1. The first kappa shape index (κ1) is 13.9. The summed E-state index contributed by atoms with van der Waals surface area (Å²) in [6.07, 6.45) is 1.52. The molecule has 102 valence electrons. The zero-order chi connectivity index (χ0) is 14.5. The molecule has 0 radical (unpaired) electrons. The topological polar surface area (TPSA) is 93.3 Å². The molecule has 0 saturated heterocycles. The van der Waals surface area contributed by atoms with E-state index in [1.807, 2.05) is 0 Å². The van der Waals surface area contributed by atoms with Crippen molar-refractivity contribution in [1.82, 2.24) is 9.97 Å². The van der Waals surface area contributed by atoms with Crippen LogP contribution in [0.25, 0.3) is 0 Å². The fourth-order valence-electron chi connectivity index (χ4n) is 1.44. The number of aryl methyl sites for hydroxylation is 1. The van der Waals surface area contributed by atoms with Crippen LogP contribution in [0.15, 0.2) is 35.4 Å². The Bertz CT molecular complexity index is 637. The van der Waals surface area contributed by atoms with Gasteiger partial charge in [-0.05, 0) is 24.6 Å². The van der Waals surface area contributed by atoms with E-state index in [0.717, 1.165) is 5.56 Å². The van der Waals surface area contributed by atoms with E-state index in [1.165, 1.54) is 18.3 Å². The quantitative estimate of drug-likeness (QED) is 0.404. The third-order valence-electron chi connectivity index (χ3n) is 2.30. The molecule has 0 bridgehead atoms. The van der Waals surface area contributed by atoms with Crippen LogP contribution in [0.1, 0.15) is 11.4 Å². The lowest BCUT2D eigenvalue weighted by Crippen LogP contribution is -1.97. The fraction of sp³-hybridized carbons (Fsp3) is 0.0833. The number of nitro benzene ring substituents is 1. The molecular weight excluding hydrogens is 282 g/mol. The van der Waals surface area contributed by atoms with Gasteiger partial charge in [0.15, 0.2) is 5.82 Å². The van der Waals surface area contributed by atoms with E-state index in [2.05, 4.69) is 20.5 Å². The van der Waals surface area contributed by atoms with Crippen LogP contribution >= 0.6 is 11.6 Å². The van der Waals surface area contributed by atoms with Gasteiger partial charge in [0.25, 0.3) is 5.69 Å². The molecular formula is C12H10ClN5O2. The Morgan fingerprint density at radius 3 is 2.65 bits per heavy atom. The minimum atomic E-state index is -0.454. The Kier molecular flexibility index (Phi) is 4.21. The van der Waals surface area contributed by atoms with Crippen molar-refractivity contribution in [3.05, 3.63) is 57.0 Å². The van der Waals surface area contributed by atoms with Gasteiger partial charge in [0.05, 0.1) is 11.1 Å². The molecule has 0 fully saturated rings. The van der Waals surface area contributed by atoms with Crippen molar-refractivity contribution in [2.45, 2.75) is 6.92 Å². The maximum atomic E-state index is 10.5. The Morgan fingerprint density at radius 2 is 2.05 bits per heavy atom. The van der Waals surface area contributed by atoms with Crippen LogP contribution in [0, 0.1) is 17.0 Å². The SMILES string of the molecule is Cc1nc(Cl)cc(N/N=C\c2ccc([N+](=O)[O-])cc2)n1. The van der Waals surface area contributed by atoms with Crippen molar-refractivity contribution < 1.29 is 4.92 Å². The predicted octanol–water partition coefficient (Wildman–Crippen LogP) is 2.79. The fourth-order valence-corrected chi connectivity index (χ4v) is 1.67. The Hall–Kier alpha value is -2.54. The standard InChI is InChI=1S/C12H10ClN5O2/c1-8-15-11(13)6-12(16-8)17-14-7-9-2-4-10(5-3-9)18(19)20/h2-7H,1H3,(H,15,16,17)/b14-7-. The largest absolute Gasteiger partial charge is 0.269 e. The van der Waals surface area contributed by atoms with Crippen LogP contribution < -0.4 is 5.43 Å². The normalized spacial score (nSPS) is 10.7. The van der Waals surface area contributed by atoms with Gasteiger partial charge in [0.1, 0.15) is 11.0 Å². The zero-order valence-corrected chi connectivity index (χ0v) is 11.2. The minimum absolute atomic E-state index is 0.0355. The van der Waals surface area contributed by atoms with Crippen LogP contribution in [-0.2, 0) is 0 Å². The summed E-state index contributed by atoms with van der Waals surface area (Å²) >= 11 is 5.79. The lowest BCUT2D eigenvalue weighted by atomic mass is 10.2. The lowest BCUT2D eigenvalue weighted by Gasteiger charge is -2.00. The monoisotopic (exact) mass is 291 g/mol. The highest BCUT2D eigenvalue weighted by molar-refractivity contribution is 6.29.